The number of halogens is 1. The number of ether oxygens (including phenoxy) is 1. The van der Waals surface area contributed by atoms with Crippen LogP contribution in [-0.4, -0.2) is 31.7 Å². The molecule has 172 valence electrons. The third kappa shape index (κ3) is 4.90. The normalized spacial score (nSPS) is 10.8. The van der Waals surface area contributed by atoms with Gasteiger partial charge in [-0.3, -0.25) is 14.9 Å². The van der Waals surface area contributed by atoms with E-state index in [1.54, 1.807) is 42.5 Å². The maximum absolute atomic E-state index is 14.5. The van der Waals surface area contributed by atoms with Gasteiger partial charge in [0, 0.05) is 23.4 Å². The topological polar surface area (TPSA) is 112 Å². The number of nitrogens with zero attached hydrogens (tertiary/aromatic N) is 4. The van der Waals surface area contributed by atoms with Crippen molar-refractivity contribution in [3.8, 4) is 23.1 Å². The molecule has 0 aliphatic carbocycles. The summed E-state index contributed by atoms with van der Waals surface area (Å²) < 4.78 is 21.6. The van der Waals surface area contributed by atoms with E-state index in [0.717, 1.165) is 0 Å². The van der Waals surface area contributed by atoms with Gasteiger partial charge in [0.05, 0.1) is 22.3 Å². The number of anilines is 1. The molecular weight excluding hydrogens is 441 g/mol. The molecule has 0 atom stereocenters. The number of aromatic nitrogens is 3. The fraction of sp³-hybridized carbons (Fsp3) is 0.125. The van der Waals surface area contributed by atoms with Crippen LogP contribution >= 0.6 is 0 Å². The Morgan fingerprint density at radius 3 is 2.50 bits per heavy atom. The quantitative estimate of drug-likeness (QED) is 0.305. The smallest absolute Gasteiger partial charge is 0.336 e. The van der Waals surface area contributed by atoms with Crippen molar-refractivity contribution in [1.29, 1.82) is 0 Å². The molecule has 4 rings (SSSR count). The van der Waals surface area contributed by atoms with Crippen LogP contribution in [-0.2, 0) is 0 Å². The zero-order chi connectivity index (χ0) is 24.2. The molecule has 0 fully saturated rings. The monoisotopic (exact) mass is 461 g/mol. The first-order chi connectivity index (χ1) is 16.3. The Balaban J connectivity index is 1.67. The van der Waals surface area contributed by atoms with Crippen LogP contribution in [0.2, 0.25) is 0 Å². The van der Waals surface area contributed by atoms with E-state index in [-0.39, 0.29) is 34.8 Å². The molecular formula is C24H20FN5O4. The molecule has 9 nitrogen and oxygen atoms in total. The van der Waals surface area contributed by atoms with E-state index in [2.05, 4.69) is 15.4 Å². The summed E-state index contributed by atoms with van der Waals surface area (Å²) in [4.78, 5) is 27.3. The molecule has 1 aromatic heterocycles. The van der Waals surface area contributed by atoms with Gasteiger partial charge in [0.1, 0.15) is 5.82 Å². The molecule has 0 radical (unpaired) electrons. The average Bonchev–Trinajstić information content (AvgIpc) is 3.22. The maximum Gasteiger partial charge on any atom is 0.336 e. The fourth-order valence-electron chi connectivity index (χ4n) is 3.20. The molecule has 0 spiro atoms. The molecule has 1 heterocycles. The van der Waals surface area contributed by atoms with Crippen molar-refractivity contribution >= 4 is 17.3 Å². The van der Waals surface area contributed by atoms with Gasteiger partial charge >= 0.3 is 6.01 Å². The third-order valence-electron chi connectivity index (χ3n) is 4.73. The summed E-state index contributed by atoms with van der Waals surface area (Å²) in [5.74, 6) is -0.661. The number of benzene rings is 3. The fourth-order valence-corrected chi connectivity index (χ4v) is 3.20. The third-order valence-corrected chi connectivity index (χ3v) is 4.73. The second-order valence-electron chi connectivity index (χ2n) is 7.58. The van der Waals surface area contributed by atoms with Crippen molar-refractivity contribution in [2.24, 2.45) is 0 Å². The van der Waals surface area contributed by atoms with Crippen molar-refractivity contribution < 1.29 is 18.8 Å². The lowest BCUT2D eigenvalue weighted by Crippen LogP contribution is -2.12. The number of nitro groups is 1. The molecule has 1 amide bonds. The first kappa shape index (κ1) is 22.6. The lowest BCUT2D eigenvalue weighted by molar-refractivity contribution is -0.384. The van der Waals surface area contributed by atoms with Crippen molar-refractivity contribution in [3.63, 3.8) is 0 Å². The van der Waals surface area contributed by atoms with E-state index < -0.39 is 16.6 Å². The minimum atomic E-state index is -0.534. The molecule has 10 heteroatoms. The minimum absolute atomic E-state index is 0.0913. The van der Waals surface area contributed by atoms with Crippen LogP contribution in [0.1, 0.15) is 24.2 Å². The van der Waals surface area contributed by atoms with Crippen LogP contribution in [0.25, 0.3) is 17.1 Å². The number of non-ortho nitro benzene ring substituents is 1. The molecule has 0 saturated heterocycles. The highest BCUT2D eigenvalue weighted by Crippen LogP contribution is 2.27. The number of carbonyl (C=O) groups excluding carboxylic acids is 1. The summed E-state index contributed by atoms with van der Waals surface area (Å²) in [6.45, 7) is 3.66. The number of nitro benzene ring substituents is 1. The summed E-state index contributed by atoms with van der Waals surface area (Å²) in [6, 6.07) is 18.3. The number of hydrogen-bond donors (Lipinski definition) is 1. The van der Waals surface area contributed by atoms with Crippen molar-refractivity contribution in [2.45, 2.75) is 20.0 Å². The van der Waals surface area contributed by atoms with Crippen molar-refractivity contribution in [3.05, 3.63) is 94.3 Å². The van der Waals surface area contributed by atoms with E-state index in [9.17, 15) is 19.3 Å². The summed E-state index contributed by atoms with van der Waals surface area (Å²) in [5.41, 5.74) is 1.36. The van der Waals surface area contributed by atoms with Gasteiger partial charge in [0.15, 0.2) is 5.82 Å². The molecule has 34 heavy (non-hydrogen) atoms. The Kier molecular flexibility index (Phi) is 6.30. The SMILES string of the molecule is CC(C)Oc1nc(-c2ccccc2F)n(-c2cccc(NC(=O)c3ccc([N+](=O)[O-])cc3)c2)n1. The lowest BCUT2D eigenvalue weighted by atomic mass is 10.2. The van der Waals surface area contributed by atoms with Crippen molar-refractivity contribution in [2.75, 3.05) is 5.32 Å². The largest absolute Gasteiger partial charge is 0.460 e. The van der Waals surface area contributed by atoms with Crippen LogP contribution in [0.5, 0.6) is 6.01 Å². The molecule has 0 aliphatic rings. The van der Waals surface area contributed by atoms with Gasteiger partial charge in [0.2, 0.25) is 0 Å². The second kappa shape index (κ2) is 9.49. The number of nitrogens with one attached hydrogen (secondary N) is 1. The Bertz CT molecular complexity index is 1350. The Labute approximate surface area is 194 Å². The van der Waals surface area contributed by atoms with Crippen LogP contribution in [0.4, 0.5) is 15.8 Å². The standard InChI is InChI=1S/C24H20FN5O4/c1-15(2)34-24-27-22(20-8-3-4-9-21(20)25)29(28-24)19-7-5-6-17(14-19)26-23(31)16-10-12-18(13-11-16)30(32)33/h3-15H,1-2H3,(H,26,31). The summed E-state index contributed by atoms with van der Waals surface area (Å²) in [7, 11) is 0. The lowest BCUT2D eigenvalue weighted by Gasteiger charge is -2.10. The van der Waals surface area contributed by atoms with Gasteiger partial charge < -0.3 is 10.1 Å². The van der Waals surface area contributed by atoms with E-state index in [1.807, 2.05) is 13.8 Å². The molecule has 0 aliphatic heterocycles. The summed E-state index contributed by atoms with van der Waals surface area (Å²) in [5, 5.41) is 18.0. The minimum Gasteiger partial charge on any atom is -0.460 e. The van der Waals surface area contributed by atoms with Crippen LogP contribution < -0.4 is 10.1 Å². The van der Waals surface area contributed by atoms with Crippen LogP contribution in [0, 0.1) is 15.9 Å². The van der Waals surface area contributed by atoms with Crippen LogP contribution in [0.3, 0.4) is 0 Å². The van der Waals surface area contributed by atoms with E-state index in [0.29, 0.717) is 11.4 Å². The number of carbonyl (C=O) groups is 1. The van der Waals surface area contributed by atoms with Crippen molar-refractivity contribution in [1.82, 2.24) is 14.8 Å². The highest BCUT2D eigenvalue weighted by atomic mass is 19.1. The Morgan fingerprint density at radius 1 is 1.09 bits per heavy atom. The zero-order valence-corrected chi connectivity index (χ0v) is 18.3. The Morgan fingerprint density at radius 2 is 1.82 bits per heavy atom. The number of rotatable bonds is 7. The van der Waals surface area contributed by atoms with Gasteiger partial charge in [-0.05, 0) is 56.3 Å². The highest BCUT2D eigenvalue weighted by Gasteiger charge is 2.19. The van der Waals surface area contributed by atoms with Crippen LogP contribution in [0.15, 0.2) is 72.8 Å². The van der Waals surface area contributed by atoms with Gasteiger partial charge in [0.25, 0.3) is 11.6 Å². The van der Waals surface area contributed by atoms with Gasteiger partial charge in [-0.25, -0.2) is 9.07 Å². The molecule has 0 saturated carbocycles. The molecule has 4 aromatic rings. The highest BCUT2D eigenvalue weighted by molar-refractivity contribution is 6.04. The first-order valence-corrected chi connectivity index (χ1v) is 10.4. The van der Waals surface area contributed by atoms with Gasteiger partial charge in [-0.1, -0.05) is 18.2 Å². The van der Waals surface area contributed by atoms with E-state index >= 15 is 0 Å². The first-order valence-electron chi connectivity index (χ1n) is 10.4. The van der Waals surface area contributed by atoms with E-state index in [1.165, 1.54) is 35.0 Å². The predicted molar refractivity (Wildman–Crippen MR) is 124 cm³/mol. The zero-order valence-electron chi connectivity index (χ0n) is 18.3. The summed E-state index contributed by atoms with van der Waals surface area (Å²) >= 11 is 0. The van der Waals surface area contributed by atoms with Gasteiger partial charge in [-0.2, -0.15) is 4.98 Å². The molecule has 1 N–H and O–H groups in total. The second-order valence-corrected chi connectivity index (χ2v) is 7.58. The van der Waals surface area contributed by atoms with Gasteiger partial charge in [-0.15, -0.1) is 5.10 Å². The average molecular weight is 461 g/mol. The summed E-state index contributed by atoms with van der Waals surface area (Å²) in [6.07, 6.45) is -0.184. The number of amides is 1. The molecule has 0 bridgehead atoms. The maximum atomic E-state index is 14.5. The predicted octanol–water partition coefficient (Wildman–Crippen LogP) is 5.02. The molecule has 3 aromatic carbocycles. The number of hydrogen-bond acceptors (Lipinski definition) is 6. The Hall–Kier alpha value is -4.60. The van der Waals surface area contributed by atoms with E-state index in [4.69, 9.17) is 4.74 Å². The molecule has 0 unspecified atom stereocenters.